The highest BCUT2D eigenvalue weighted by Gasteiger charge is 2.33. The molecule has 0 spiro atoms. The Morgan fingerprint density at radius 2 is 1.81 bits per heavy atom. The number of hydroxylamine groups is 2. The number of hydrogen-bond donors (Lipinski definition) is 2. The number of benzene rings is 1. The van der Waals surface area contributed by atoms with Crippen molar-refractivity contribution in [2.75, 3.05) is 0 Å². The van der Waals surface area contributed by atoms with Gasteiger partial charge in [0.15, 0.2) is 5.66 Å². The molecule has 21 heavy (non-hydrogen) atoms. The summed E-state index contributed by atoms with van der Waals surface area (Å²) in [5.41, 5.74) is 10.1. The molecular weight excluding hydrogens is 348 g/mol. The second-order valence-electron chi connectivity index (χ2n) is 4.70. The molecule has 6 nitrogen and oxygen atoms in total. The van der Waals surface area contributed by atoms with Crippen LogP contribution >= 0.6 is 17.0 Å². The zero-order valence-electron chi connectivity index (χ0n) is 11.5. The van der Waals surface area contributed by atoms with Gasteiger partial charge in [-0.3, -0.25) is 4.84 Å². The van der Waals surface area contributed by atoms with Crippen molar-refractivity contribution in [3.8, 4) is 0 Å². The van der Waals surface area contributed by atoms with Gasteiger partial charge in [0.2, 0.25) is 11.9 Å². The van der Waals surface area contributed by atoms with Crippen molar-refractivity contribution in [1.29, 1.82) is 0 Å². The first kappa shape index (κ1) is 17.3. The largest absolute Gasteiger partial charge is 0.368 e. The lowest BCUT2D eigenvalue weighted by molar-refractivity contribution is -0.168. The fourth-order valence-corrected chi connectivity index (χ4v) is 1.82. The Kier molecular flexibility index (Phi) is 5.24. The van der Waals surface area contributed by atoms with E-state index in [4.69, 9.17) is 16.3 Å². The Balaban J connectivity index is 0.00000220. The van der Waals surface area contributed by atoms with Gasteiger partial charge < -0.3 is 11.5 Å². The van der Waals surface area contributed by atoms with E-state index >= 15 is 0 Å². The molecular formula is C12H16BrF2N5O. The quantitative estimate of drug-likeness (QED) is 0.854. The lowest BCUT2D eigenvalue weighted by Gasteiger charge is -2.36. The lowest BCUT2D eigenvalue weighted by Crippen LogP contribution is -2.53. The average molecular weight is 364 g/mol. The predicted octanol–water partition coefficient (Wildman–Crippen LogP) is 1.66. The van der Waals surface area contributed by atoms with Gasteiger partial charge in [-0.1, -0.05) is 6.07 Å². The number of guanidine groups is 2. The Morgan fingerprint density at radius 1 is 1.24 bits per heavy atom. The van der Waals surface area contributed by atoms with Crippen LogP contribution in [-0.2, 0) is 11.4 Å². The summed E-state index contributed by atoms with van der Waals surface area (Å²) in [5.74, 6) is -1.40. The molecule has 0 saturated carbocycles. The highest BCUT2D eigenvalue weighted by Crippen LogP contribution is 2.22. The minimum atomic E-state index is -0.919. The summed E-state index contributed by atoms with van der Waals surface area (Å²) < 4.78 is 27.0. The van der Waals surface area contributed by atoms with E-state index < -0.39 is 17.3 Å². The van der Waals surface area contributed by atoms with Crippen LogP contribution in [0, 0.1) is 11.6 Å². The number of halogens is 3. The third-order valence-electron chi connectivity index (χ3n) is 2.72. The van der Waals surface area contributed by atoms with E-state index in [1.165, 1.54) is 6.07 Å². The van der Waals surface area contributed by atoms with Crippen molar-refractivity contribution in [2.45, 2.75) is 26.1 Å². The number of aliphatic imine (C=N–C) groups is 2. The SMILES string of the molecule is Br.CC1(C)N=C(N)N=C(N)N1OCc1c(F)cccc1F. The van der Waals surface area contributed by atoms with Crippen molar-refractivity contribution < 1.29 is 13.6 Å². The van der Waals surface area contributed by atoms with E-state index in [1.54, 1.807) is 13.8 Å². The maximum atomic E-state index is 13.5. The summed E-state index contributed by atoms with van der Waals surface area (Å²) in [6.45, 7) is 3.02. The minimum Gasteiger partial charge on any atom is -0.368 e. The number of nitrogens with two attached hydrogens (primary N) is 2. The summed E-state index contributed by atoms with van der Waals surface area (Å²) in [4.78, 5) is 13.1. The molecule has 0 fully saturated rings. The van der Waals surface area contributed by atoms with Gasteiger partial charge in [0.1, 0.15) is 18.2 Å². The van der Waals surface area contributed by atoms with Crippen molar-refractivity contribution >= 4 is 28.9 Å². The minimum absolute atomic E-state index is 0. The van der Waals surface area contributed by atoms with Crippen LogP contribution in [0.1, 0.15) is 19.4 Å². The summed E-state index contributed by atoms with van der Waals surface area (Å²) in [6.07, 6.45) is 0. The number of hydrogen-bond acceptors (Lipinski definition) is 6. The van der Waals surface area contributed by atoms with Crippen molar-refractivity contribution in [3.05, 3.63) is 35.4 Å². The molecule has 2 rings (SSSR count). The van der Waals surface area contributed by atoms with Crippen LogP contribution < -0.4 is 11.5 Å². The Labute approximate surface area is 131 Å². The first-order valence-electron chi connectivity index (χ1n) is 5.87. The Bertz CT molecular complexity index is 571. The van der Waals surface area contributed by atoms with E-state index in [2.05, 4.69) is 9.98 Å². The van der Waals surface area contributed by atoms with Gasteiger partial charge in [-0.15, -0.1) is 17.0 Å². The molecule has 0 aliphatic carbocycles. The molecule has 0 aromatic heterocycles. The molecule has 1 aromatic rings. The van der Waals surface area contributed by atoms with Crippen LogP contribution in [-0.4, -0.2) is 22.6 Å². The molecule has 4 N–H and O–H groups in total. The third kappa shape index (κ3) is 3.67. The van der Waals surface area contributed by atoms with Gasteiger partial charge >= 0.3 is 0 Å². The summed E-state index contributed by atoms with van der Waals surface area (Å²) in [7, 11) is 0. The van der Waals surface area contributed by atoms with E-state index in [9.17, 15) is 8.78 Å². The van der Waals surface area contributed by atoms with Crippen LogP contribution in [0.5, 0.6) is 0 Å². The maximum absolute atomic E-state index is 13.5. The molecule has 116 valence electrons. The standard InChI is InChI=1S/C12H15F2N5O.BrH/c1-12(2)18-10(15)17-11(16)19(12)20-6-7-8(13)4-3-5-9(7)14;/h3-5H,6H2,1-2H3,(H4,15,16,17,18);1H. The molecule has 1 aliphatic heterocycles. The second kappa shape index (κ2) is 6.35. The molecule has 9 heteroatoms. The van der Waals surface area contributed by atoms with Gasteiger partial charge in [0.05, 0.1) is 5.56 Å². The molecule has 0 bridgehead atoms. The fraction of sp³-hybridized carbons (Fsp3) is 0.333. The van der Waals surface area contributed by atoms with E-state index in [-0.39, 0.29) is 41.1 Å². The Hall–Kier alpha value is -1.74. The zero-order chi connectivity index (χ0) is 14.9. The highest BCUT2D eigenvalue weighted by atomic mass is 79.9. The fourth-order valence-electron chi connectivity index (χ4n) is 1.82. The molecule has 1 aromatic carbocycles. The highest BCUT2D eigenvalue weighted by molar-refractivity contribution is 8.93. The summed E-state index contributed by atoms with van der Waals surface area (Å²) in [5, 5.41) is 1.16. The molecule has 0 saturated heterocycles. The van der Waals surface area contributed by atoms with Crippen molar-refractivity contribution in [3.63, 3.8) is 0 Å². The number of rotatable bonds is 3. The monoisotopic (exact) mass is 363 g/mol. The predicted molar refractivity (Wildman–Crippen MR) is 80.6 cm³/mol. The maximum Gasteiger partial charge on any atom is 0.226 e. The van der Waals surface area contributed by atoms with Gasteiger partial charge in [0, 0.05) is 0 Å². The Morgan fingerprint density at radius 3 is 2.33 bits per heavy atom. The number of nitrogens with zero attached hydrogens (tertiary/aromatic N) is 3. The first-order valence-corrected chi connectivity index (χ1v) is 5.87. The molecule has 0 atom stereocenters. The summed E-state index contributed by atoms with van der Waals surface area (Å²) >= 11 is 0. The van der Waals surface area contributed by atoms with Gasteiger partial charge in [-0.2, -0.15) is 10.1 Å². The summed E-state index contributed by atoms with van der Waals surface area (Å²) in [6, 6.07) is 3.58. The molecule has 0 unspecified atom stereocenters. The van der Waals surface area contributed by atoms with Crippen LogP contribution in [0.4, 0.5) is 8.78 Å². The van der Waals surface area contributed by atoms with Gasteiger partial charge in [-0.05, 0) is 26.0 Å². The first-order chi connectivity index (χ1) is 9.31. The van der Waals surface area contributed by atoms with Crippen LogP contribution in [0.3, 0.4) is 0 Å². The van der Waals surface area contributed by atoms with Crippen molar-refractivity contribution in [2.24, 2.45) is 21.5 Å². The topological polar surface area (TPSA) is 89.2 Å². The van der Waals surface area contributed by atoms with Crippen molar-refractivity contribution in [1.82, 2.24) is 5.06 Å². The normalized spacial score (nSPS) is 16.9. The van der Waals surface area contributed by atoms with E-state index in [1.807, 2.05) is 0 Å². The van der Waals surface area contributed by atoms with Crippen LogP contribution in [0.15, 0.2) is 28.2 Å². The van der Waals surface area contributed by atoms with Gasteiger partial charge in [-0.25, -0.2) is 13.8 Å². The average Bonchev–Trinajstić information content (AvgIpc) is 2.30. The van der Waals surface area contributed by atoms with Gasteiger partial charge in [0.25, 0.3) is 0 Å². The molecule has 0 radical (unpaired) electrons. The lowest BCUT2D eigenvalue weighted by atomic mass is 10.2. The van der Waals surface area contributed by atoms with Crippen LogP contribution in [0.25, 0.3) is 0 Å². The van der Waals surface area contributed by atoms with Crippen LogP contribution in [0.2, 0.25) is 0 Å². The molecule has 0 amide bonds. The molecule has 1 heterocycles. The van der Waals surface area contributed by atoms with E-state index in [0.29, 0.717) is 0 Å². The smallest absolute Gasteiger partial charge is 0.226 e. The molecule has 1 aliphatic rings. The second-order valence-corrected chi connectivity index (χ2v) is 4.70. The third-order valence-corrected chi connectivity index (χ3v) is 2.72. The zero-order valence-corrected chi connectivity index (χ0v) is 13.2. The van der Waals surface area contributed by atoms with E-state index in [0.717, 1.165) is 17.2 Å².